The molecule has 4 heteroatoms. The Morgan fingerprint density at radius 2 is 1.82 bits per heavy atom. The molecule has 0 spiro atoms. The van der Waals surface area contributed by atoms with Crippen molar-refractivity contribution < 1.29 is 14.7 Å². The Morgan fingerprint density at radius 3 is 2.41 bits per heavy atom. The maximum atomic E-state index is 11.5. The zero-order valence-electron chi connectivity index (χ0n) is 11.0. The van der Waals surface area contributed by atoms with E-state index in [2.05, 4.69) is 12.2 Å². The molecule has 0 aliphatic carbocycles. The Kier molecular flexibility index (Phi) is 9.49. The van der Waals surface area contributed by atoms with Gasteiger partial charge in [-0.3, -0.25) is 9.59 Å². The zero-order valence-corrected chi connectivity index (χ0v) is 11.0. The monoisotopic (exact) mass is 243 g/mol. The summed E-state index contributed by atoms with van der Waals surface area (Å²) in [6.45, 7) is 4.31. The number of hydrogen-bond acceptors (Lipinski definition) is 2. The van der Waals surface area contributed by atoms with Gasteiger partial charge in [0.05, 0.1) is 6.42 Å². The van der Waals surface area contributed by atoms with Crippen molar-refractivity contribution in [1.29, 1.82) is 0 Å². The molecule has 0 aliphatic rings. The maximum Gasteiger partial charge on any atom is 0.305 e. The first-order valence-corrected chi connectivity index (χ1v) is 6.57. The number of carboxylic acids is 1. The van der Waals surface area contributed by atoms with Gasteiger partial charge in [0, 0.05) is 12.5 Å². The average molecular weight is 243 g/mol. The normalized spacial score (nSPS) is 12.1. The fourth-order valence-electron chi connectivity index (χ4n) is 1.65. The fraction of sp³-hybridized carbons (Fsp3) is 0.846. The van der Waals surface area contributed by atoms with Gasteiger partial charge in [-0.1, -0.05) is 46.0 Å². The van der Waals surface area contributed by atoms with E-state index in [0.717, 1.165) is 12.8 Å². The van der Waals surface area contributed by atoms with E-state index in [9.17, 15) is 9.59 Å². The lowest BCUT2D eigenvalue weighted by molar-refractivity contribution is -0.137. The Morgan fingerprint density at radius 1 is 1.18 bits per heavy atom. The van der Waals surface area contributed by atoms with Gasteiger partial charge in [-0.15, -0.1) is 0 Å². The fourth-order valence-corrected chi connectivity index (χ4v) is 1.65. The summed E-state index contributed by atoms with van der Waals surface area (Å²) in [7, 11) is 0. The van der Waals surface area contributed by atoms with E-state index in [1.807, 2.05) is 6.92 Å². The second-order valence-electron chi connectivity index (χ2n) is 4.54. The minimum atomic E-state index is -0.877. The van der Waals surface area contributed by atoms with Gasteiger partial charge in [-0.25, -0.2) is 0 Å². The minimum absolute atomic E-state index is 0.00500. The van der Waals surface area contributed by atoms with E-state index >= 15 is 0 Å². The quantitative estimate of drug-likeness (QED) is 0.579. The Labute approximate surface area is 104 Å². The van der Waals surface area contributed by atoms with Gasteiger partial charge >= 0.3 is 5.97 Å². The minimum Gasteiger partial charge on any atom is -0.481 e. The van der Waals surface area contributed by atoms with Gasteiger partial charge in [0.1, 0.15) is 0 Å². The highest BCUT2D eigenvalue weighted by Crippen LogP contribution is 2.11. The van der Waals surface area contributed by atoms with E-state index in [1.165, 1.54) is 25.7 Å². The van der Waals surface area contributed by atoms with Gasteiger partial charge < -0.3 is 10.4 Å². The third-order valence-corrected chi connectivity index (χ3v) is 2.83. The molecule has 0 aromatic carbocycles. The van der Waals surface area contributed by atoms with Crippen molar-refractivity contribution in [3.8, 4) is 0 Å². The molecule has 17 heavy (non-hydrogen) atoms. The highest BCUT2D eigenvalue weighted by molar-refractivity contribution is 5.78. The van der Waals surface area contributed by atoms with Crippen LogP contribution in [0, 0.1) is 5.92 Å². The summed E-state index contributed by atoms with van der Waals surface area (Å²) in [5.41, 5.74) is 0. The van der Waals surface area contributed by atoms with E-state index in [-0.39, 0.29) is 24.8 Å². The molecular formula is C13H25NO3. The SMILES string of the molecule is CCCCCCCC(C)C(=O)NCCC(=O)O. The van der Waals surface area contributed by atoms with Crippen LogP contribution < -0.4 is 5.32 Å². The van der Waals surface area contributed by atoms with Gasteiger partial charge in [0.15, 0.2) is 0 Å². The molecule has 0 bridgehead atoms. The summed E-state index contributed by atoms with van der Waals surface area (Å²) in [6, 6.07) is 0. The number of aliphatic carboxylic acids is 1. The van der Waals surface area contributed by atoms with Crippen LogP contribution in [-0.4, -0.2) is 23.5 Å². The number of amides is 1. The highest BCUT2D eigenvalue weighted by Gasteiger charge is 2.11. The van der Waals surface area contributed by atoms with Crippen molar-refractivity contribution in [2.24, 2.45) is 5.92 Å². The van der Waals surface area contributed by atoms with Crippen LogP contribution in [-0.2, 0) is 9.59 Å². The summed E-state index contributed by atoms with van der Waals surface area (Å²) in [6.07, 6.45) is 6.87. The van der Waals surface area contributed by atoms with Crippen molar-refractivity contribution in [3.63, 3.8) is 0 Å². The van der Waals surface area contributed by atoms with Crippen LogP contribution in [0.2, 0.25) is 0 Å². The number of unbranched alkanes of at least 4 members (excludes halogenated alkanes) is 4. The molecule has 0 fully saturated rings. The molecule has 0 radical (unpaired) electrons. The van der Waals surface area contributed by atoms with Crippen LogP contribution in [0.4, 0.5) is 0 Å². The first kappa shape index (κ1) is 15.9. The van der Waals surface area contributed by atoms with Crippen molar-refractivity contribution in [3.05, 3.63) is 0 Å². The van der Waals surface area contributed by atoms with Gasteiger partial charge in [-0.2, -0.15) is 0 Å². The Hall–Kier alpha value is -1.06. The summed E-state index contributed by atoms with van der Waals surface area (Å²) in [5.74, 6) is -0.912. The van der Waals surface area contributed by atoms with Crippen molar-refractivity contribution in [1.82, 2.24) is 5.32 Å². The summed E-state index contributed by atoms with van der Waals surface area (Å²) in [5, 5.41) is 11.1. The maximum absolute atomic E-state index is 11.5. The van der Waals surface area contributed by atoms with Crippen molar-refractivity contribution in [2.45, 2.75) is 58.8 Å². The topological polar surface area (TPSA) is 66.4 Å². The molecule has 0 aromatic rings. The van der Waals surface area contributed by atoms with Gasteiger partial charge in [-0.05, 0) is 6.42 Å². The molecule has 1 amide bonds. The molecular weight excluding hydrogens is 218 g/mol. The molecule has 2 N–H and O–H groups in total. The summed E-state index contributed by atoms with van der Waals surface area (Å²) < 4.78 is 0. The number of nitrogens with one attached hydrogen (secondary N) is 1. The number of hydrogen-bond donors (Lipinski definition) is 2. The third kappa shape index (κ3) is 9.85. The molecule has 0 rings (SSSR count). The number of carboxylic acid groups (broad SMARTS) is 1. The predicted molar refractivity (Wildman–Crippen MR) is 67.8 cm³/mol. The van der Waals surface area contributed by atoms with Crippen LogP contribution >= 0.6 is 0 Å². The second kappa shape index (κ2) is 10.1. The van der Waals surface area contributed by atoms with Crippen LogP contribution in [0.25, 0.3) is 0 Å². The first-order valence-electron chi connectivity index (χ1n) is 6.57. The lowest BCUT2D eigenvalue weighted by Gasteiger charge is -2.11. The smallest absolute Gasteiger partial charge is 0.305 e. The van der Waals surface area contributed by atoms with Crippen LogP contribution in [0.15, 0.2) is 0 Å². The van der Waals surface area contributed by atoms with E-state index in [4.69, 9.17) is 5.11 Å². The van der Waals surface area contributed by atoms with Gasteiger partial charge in [0.25, 0.3) is 0 Å². The van der Waals surface area contributed by atoms with E-state index < -0.39 is 5.97 Å². The number of carbonyl (C=O) groups is 2. The highest BCUT2D eigenvalue weighted by atomic mass is 16.4. The predicted octanol–water partition coefficient (Wildman–Crippen LogP) is 2.57. The molecule has 0 saturated heterocycles. The molecule has 1 atom stereocenters. The largest absolute Gasteiger partial charge is 0.481 e. The third-order valence-electron chi connectivity index (χ3n) is 2.83. The van der Waals surface area contributed by atoms with Crippen molar-refractivity contribution in [2.75, 3.05) is 6.54 Å². The van der Waals surface area contributed by atoms with E-state index in [0.29, 0.717) is 0 Å². The standard InChI is InChI=1S/C13H25NO3/c1-3-4-5-6-7-8-11(2)13(17)14-10-9-12(15)16/h11H,3-10H2,1-2H3,(H,14,17)(H,15,16). The number of carbonyl (C=O) groups excluding carboxylic acids is 1. The van der Waals surface area contributed by atoms with Gasteiger partial charge in [0.2, 0.25) is 5.91 Å². The van der Waals surface area contributed by atoms with E-state index in [1.54, 1.807) is 0 Å². The lowest BCUT2D eigenvalue weighted by Crippen LogP contribution is -2.31. The second-order valence-corrected chi connectivity index (χ2v) is 4.54. The molecule has 1 unspecified atom stereocenters. The molecule has 0 heterocycles. The molecule has 4 nitrogen and oxygen atoms in total. The summed E-state index contributed by atoms with van der Waals surface area (Å²) in [4.78, 5) is 21.8. The van der Waals surface area contributed by atoms with Crippen LogP contribution in [0.1, 0.15) is 58.8 Å². The molecule has 0 saturated carbocycles. The lowest BCUT2D eigenvalue weighted by atomic mass is 10.0. The first-order chi connectivity index (χ1) is 8.07. The molecule has 0 aromatic heterocycles. The van der Waals surface area contributed by atoms with Crippen LogP contribution in [0.3, 0.4) is 0 Å². The average Bonchev–Trinajstić information content (AvgIpc) is 2.27. The van der Waals surface area contributed by atoms with Crippen LogP contribution in [0.5, 0.6) is 0 Å². The summed E-state index contributed by atoms with van der Waals surface area (Å²) >= 11 is 0. The van der Waals surface area contributed by atoms with Crippen molar-refractivity contribution >= 4 is 11.9 Å². The zero-order chi connectivity index (χ0) is 13.1. The Balaban J connectivity index is 3.50. The molecule has 0 aliphatic heterocycles. The molecule has 100 valence electrons. The number of rotatable bonds is 10. The Bertz CT molecular complexity index is 229.